The Morgan fingerprint density at radius 3 is 2.44 bits per heavy atom. The number of rotatable bonds is 9. The van der Waals surface area contributed by atoms with Crippen LogP contribution in [0, 0.1) is 0 Å². The highest BCUT2D eigenvalue weighted by atomic mass is 16.5. The minimum absolute atomic E-state index is 0.113. The van der Waals surface area contributed by atoms with Crippen molar-refractivity contribution < 1.29 is 24.2 Å². The number of carbonyl (C=O) groups is 2. The van der Waals surface area contributed by atoms with Gasteiger partial charge in [-0.2, -0.15) is 0 Å². The van der Waals surface area contributed by atoms with Crippen LogP contribution in [0.5, 0.6) is 5.75 Å². The smallest absolute Gasteiger partial charge is 0.295 e. The maximum atomic E-state index is 13.1. The standard InChI is InChI=1S/C27H30N2O5/c1-2-17-34-22-11-9-20(10-12-22)24-23(25(30)21-7-4-3-5-8-21)26(31)27(32)29(24)14-6-13-28-15-18-33-19-16-28/h2-5,7-12,24,30H,1,6,13-19H2/t24-/m0/s1. The Kier molecular flexibility index (Phi) is 7.77. The molecule has 0 saturated carbocycles. The van der Waals surface area contributed by atoms with Crippen LogP contribution < -0.4 is 4.74 Å². The molecule has 4 rings (SSSR count). The van der Waals surface area contributed by atoms with Crippen LogP contribution in [0.1, 0.15) is 23.6 Å². The molecule has 34 heavy (non-hydrogen) atoms. The molecule has 2 aliphatic rings. The van der Waals surface area contributed by atoms with E-state index in [1.165, 1.54) is 0 Å². The predicted octanol–water partition coefficient (Wildman–Crippen LogP) is 3.40. The van der Waals surface area contributed by atoms with Gasteiger partial charge in [-0.3, -0.25) is 14.5 Å². The average molecular weight is 463 g/mol. The summed E-state index contributed by atoms with van der Waals surface area (Å²) in [6.45, 7) is 8.40. The van der Waals surface area contributed by atoms with Crippen molar-refractivity contribution in [1.29, 1.82) is 0 Å². The van der Waals surface area contributed by atoms with Gasteiger partial charge < -0.3 is 19.5 Å². The van der Waals surface area contributed by atoms with Crippen LogP contribution in [-0.4, -0.2) is 72.6 Å². The van der Waals surface area contributed by atoms with E-state index in [1.54, 1.807) is 47.4 Å². The maximum absolute atomic E-state index is 13.1. The van der Waals surface area contributed by atoms with E-state index in [-0.39, 0.29) is 11.3 Å². The van der Waals surface area contributed by atoms with E-state index in [1.807, 2.05) is 18.2 Å². The van der Waals surface area contributed by atoms with Crippen molar-refractivity contribution in [1.82, 2.24) is 9.80 Å². The largest absolute Gasteiger partial charge is 0.507 e. The Bertz CT molecular complexity index is 1040. The van der Waals surface area contributed by atoms with Crippen molar-refractivity contribution in [2.24, 2.45) is 0 Å². The summed E-state index contributed by atoms with van der Waals surface area (Å²) in [4.78, 5) is 30.1. The summed E-state index contributed by atoms with van der Waals surface area (Å²) >= 11 is 0. The quantitative estimate of drug-likeness (QED) is 0.266. The van der Waals surface area contributed by atoms with Gasteiger partial charge in [-0.25, -0.2) is 0 Å². The van der Waals surface area contributed by atoms with E-state index in [4.69, 9.17) is 9.47 Å². The number of hydrogen-bond donors (Lipinski definition) is 1. The topological polar surface area (TPSA) is 79.3 Å². The van der Waals surface area contributed by atoms with Crippen molar-refractivity contribution in [3.63, 3.8) is 0 Å². The van der Waals surface area contributed by atoms with Gasteiger partial charge in [0.15, 0.2) is 0 Å². The van der Waals surface area contributed by atoms with E-state index in [0.29, 0.717) is 37.7 Å². The summed E-state index contributed by atoms with van der Waals surface area (Å²) in [7, 11) is 0. The maximum Gasteiger partial charge on any atom is 0.295 e. The van der Waals surface area contributed by atoms with Gasteiger partial charge in [0, 0.05) is 31.7 Å². The molecule has 2 heterocycles. The van der Waals surface area contributed by atoms with Gasteiger partial charge in [-0.1, -0.05) is 55.1 Å². The predicted molar refractivity (Wildman–Crippen MR) is 129 cm³/mol. The number of nitrogens with zero attached hydrogens (tertiary/aromatic N) is 2. The highest BCUT2D eigenvalue weighted by Crippen LogP contribution is 2.39. The highest BCUT2D eigenvalue weighted by Gasteiger charge is 2.45. The highest BCUT2D eigenvalue weighted by molar-refractivity contribution is 6.46. The molecule has 7 nitrogen and oxygen atoms in total. The number of morpholine rings is 1. The number of amides is 1. The zero-order chi connectivity index (χ0) is 23.9. The molecule has 178 valence electrons. The second kappa shape index (κ2) is 11.1. The van der Waals surface area contributed by atoms with Gasteiger partial charge in [0.2, 0.25) is 0 Å². The second-order valence-electron chi connectivity index (χ2n) is 8.33. The molecule has 7 heteroatoms. The van der Waals surface area contributed by atoms with Gasteiger partial charge in [-0.15, -0.1) is 0 Å². The third-order valence-corrected chi connectivity index (χ3v) is 6.13. The zero-order valence-corrected chi connectivity index (χ0v) is 19.2. The monoisotopic (exact) mass is 462 g/mol. The molecule has 0 spiro atoms. The molecule has 2 aliphatic heterocycles. The third-order valence-electron chi connectivity index (χ3n) is 6.13. The number of carbonyl (C=O) groups excluding carboxylic acids is 2. The summed E-state index contributed by atoms with van der Waals surface area (Å²) in [6.07, 6.45) is 2.38. The first-order chi connectivity index (χ1) is 16.6. The first-order valence-corrected chi connectivity index (χ1v) is 11.6. The van der Waals surface area contributed by atoms with Gasteiger partial charge in [0.1, 0.15) is 18.1 Å². The van der Waals surface area contributed by atoms with Crippen LogP contribution in [0.2, 0.25) is 0 Å². The lowest BCUT2D eigenvalue weighted by atomic mass is 9.95. The minimum Gasteiger partial charge on any atom is -0.507 e. The lowest BCUT2D eigenvalue weighted by Gasteiger charge is -2.29. The molecule has 2 saturated heterocycles. The molecule has 0 aromatic heterocycles. The van der Waals surface area contributed by atoms with E-state index in [2.05, 4.69) is 11.5 Å². The minimum atomic E-state index is -0.668. The molecular formula is C27H30N2O5. The van der Waals surface area contributed by atoms with Crippen molar-refractivity contribution in [3.05, 3.63) is 84.0 Å². The molecule has 0 bridgehead atoms. The molecule has 1 amide bonds. The Hall–Kier alpha value is -3.42. The Labute approximate surface area is 199 Å². The number of aliphatic hydroxyl groups excluding tert-OH is 1. The van der Waals surface area contributed by atoms with Crippen LogP contribution >= 0.6 is 0 Å². The van der Waals surface area contributed by atoms with Gasteiger partial charge in [0.05, 0.1) is 24.8 Å². The van der Waals surface area contributed by atoms with E-state index in [9.17, 15) is 14.7 Å². The van der Waals surface area contributed by atoms with E-state index < -0.39 is 17.7 Å². The molecule has 2 aromatic carbocycles. The van der Waals surface area contributed by atoms with E-state index in [0.717, 1.165) is 31.6 Å². The molecular weight excluding hydrogens is 432 g/mol. The molecule has 1 N–H and O–H groups in total. The average Bonchev–Trinajstić information content (AvgIpc) is 3.13. The number of ketones is 1. The Morgan fingerprint density at radius 1 is 1.06 bits per heavy atom. The Morgan fingerprint density at radius 2 is 1.76 bits per heavy atom. The third kappa shape index (κ3) is 5.21. The number of benzene rings is 2. The van der Waals surface area contributed by atoms with Gasteiger partial charge >= 0.3 is 0 Å². The summed E-state index contributed by atoms with van der Waals surface area (Å²) in [5, 5.41) is 11.1. The van der Waals surface area contributed by atoms with Crippen molar-refractivity contribution in [3.8, 4) is 5.75 Å². The number of aliphatic hydroxyl groups is 1. The first-order valence-electron chi connectivity index (χ1n) is 11.6. The molecule has 2 aromatic rings. The normalized spacial score (nSPS) is 20.5. The van der Waals surface area contributed by atoms with Crippen molar-refractivity contribution in [2.75, 3.05) is 46.0 Å². The number of hydrogen-bond acceptors (Lipinski definition) is 6. The summed E-state index contributed by atoms with van der Waals surface area (Å²) < 4.78 is 11.0. The Balaban J connectivity index is 1.64. The van der Waals surface area contributed by atoms with Crippen molar-refractivity contribution >= 4 is 17.4 Å². The number of ether oxygens (including phenoxy) is 2. The molecule has 0 aliphatic carbocycles. The number of Topliss-reactive ketones (excluding diaryl/α,β-unsaturated/α-hetero) is 1. The number of likely N-dealkylation sites (tertiary alicyclic amines) is 1. The van der Waals surface area contributed by atoms with Gasteiger partial charge in [0.25, 0.3) is 11.7 Å². The fourth-order valence-corrected chi connectivity index (χ4v) is 4.40. The molecule has 0 radical (unpaired) electrons. The first kappa shape index (κ1) is 23.7. The van der Waals surface area contributed by atoms with Crippen LogP contribution in [0.3, 0.4) is 0 Å². The lowest BCUT2D eigenvalue weighted by molar-refractivity contribution is -0.140. The SMILES string of the molecule is C=CCOc1ccc([C@H]2C(=C(O)c3ccccc3)C(=O)C(=O)N2CCCN2CCOCC2)cc1. The van der Waals surface area contributed by atoms with Crippen LogP contribution in [0.25, 0.3) is 5.76 Å². The van der Waals surface area contributed by atoms with Crippen molar-refractivity contribution in [2.45, 2.75) is 12.5 Å². The van der Waals surface area contributed by atoms with Crippen LogP contribution in [0.15, 0.2) is 72.8 Å². The van der Waals surface area contributed by atoms with E-state index >= 15 is 0 Å². The summed E-state index contributed by atoms with van der Waals surface area (Å²) in [5.41, 5.74) is 1.36. The summed E-state index contributed by atoms with van der Waals surface area (Å²) in [5.74, 6) is -0.747. The molecule has 2 fully saturated rings. The molecule has 0 unspecified atom stereocenters. The fraction of sp³-hybridized carbons (Fsp3) is 0.333. The molecule has 1 atom stereocenters. The summed E-state index contributed by atoms with van der Waals surface area (Å²) in [6, 6.07) is 15.5. The zero-order valence-electron chi connectivity index (χ0n) is 19.2. The van der Waals surface area contributed by atoms with Gasteiger partial charge in [-0.05, 0) is 24.1 Å². The lowest BCUT2D eigenvalue weighted by Crippen LogP contribution is -2.38. The van der Waals surface area contributed by atoms with Crippen LogP contribution in [0.4, 0.5) is 0 Å². The van der Waals surface area contributed by atoms with Crippen LogP contribution in [-0.2, 0) is 14.3 Å². The fourth-order valence-electron chi connectivity index (χ4n) is 4.40. The second-order valence-corrected chi connectivity index (χ2v) is 8.33.